The van der Waals surface area contributed by atoms with E-state index >= 15 is 0 Å². The number of amides is 2. The number of urea groups is 1. The predicted octanol–water partition coefficient (Wildman–Crippen LogP) is 1.77. The van der Waals surface area contributed by atoms with Crippen LogP contribution >= 0.6 is 0 Å². The fourth-order valence-corrected chi connectivity index (χ4v) is 2.63. The van der Waals surface area contributed by atoms with E-state index in [1.165, 1.54) is 0 Å². The van der Waals surface area contributed by atoms with Gasteiger partial charge in [0, 0.05) is 25.8 Å². The van der Waals surface area contributed by atoms with Gasteiger partial charge in [-0.05, 0) is 32.6 Å². The third kappa shape index (κ3) is 4.08. The highest BCUT2D eigenvalue weighted by Crippen LogP contribution is 2.21. The van der Waals surface area contributed by atoms with E-state index in [-0.39, 0.29) is 17.7 Å². The molecule has 110 valence electrons. The molecule has 2 aliphatic heterocycles. The summed E-state index contributed by atoms with van der Waals surface area (Å²) >= 11 is 0. The maximum atomic E-state index is 12.3. The number of carbonyl (C=O) groups is 1. The van der Waals surface area contributed by atoms with Gasteiger partial charge in [0.1, 0.15) is 0 Å². The van der Waals surface area contributed by atoms with Gasteiger partial charge in [0.15, 0.2) is 0 Å². The zero-order valence-corrected chi connectivity index (χ0v) is 12.1. The van der Waals surface area contributed by atoms with E-state index in [1.54, 1.807) is 0 Å². The van der Waals surface area contributed by atoms with Gasteiger partial charge >= 0.3 is 6.03 Å². The lowest BCUT2D eigenvalue weighted by Gasteiger charge is -2.40. The van der Waals surface area contributed by atoms with Crippen LogP contribution < -0.4 is 5.32 Å². The summed E-state index contributed by atoms with van der Waals surface area (Å²) in [5.41, 5.74) is -0.192. The van der Waals surface area contributed by atoms with Crippen molar-refractivity contribution in [1.82, 2.24) is 10.2 Å². The smallest absolute Gasteiger partial charge is 0.317 e. The Morgan fingerprint density at radius 3 is 3.00 bits per heavy atom. The molecule has 0 bridgehead atoms. The molecule has 0 saturated carbocycles. The highest BCUT2D eigenvalue weighted by molar-refractivity contribution is 5.74. The van der Waals surface area contributed by atoms with Crippen LogP contribution in [0.15, 0.2) is 0 Å². The second kappa shape index (κ2) is 6.57. The second-order valence-corrected chi connectivity index (χ2v) is 5.76. The number of nitrogens with zero attached hydrogens (tertiary/aromatic N) is 1. The van der Waals surface area contributed by atoms with Gasteiger partial charge in [-0.2, -0.15) is 0 Å². The van der Waals surface area contributed by atoms with Crippen LogP contribution in [0.4, 0.5) is 4.79 Å². The van der Waals surface area contributed by atoms with Crippen molar-refractivity contribution in [2.45, 2.75) is 51.2 Å². The number of hydrogen-bond acceptors (Lipinski definition) is 3. The van der Waals surface area contributed by atoms with Crippen molar-refractivity contribution in [3.05, 3.63) is 0 Å². The molecule has 19 heavy (non-hydrogen) atoms. The number of carbonyl (C=O) groups excluding carboxylic acids is 1. The zero-order valence-electron chi connectivity index (χ0n) is 12.1. The molecular formula is C14H26N2O3. The van der Waals surface area contributed by atoms with Crippen molar-refractivity contribution in [3.63, 3.8) is 0 Å². The van der Waals surface area contributed by atoms with Crippen molar-refractivity contribution in [2.24, 2.45) is 0 Å². The molecule has 5 heteroatoms. The van der Waals surface area contributed by atoms with E-state index in [2.05, 4.69) is 19.2 Å². The van der Waals surface area contributed by atoms with Crippen LogP contribution in [0.3, 0.4) is 0 Å². The fourth-order valence-electron chi connectivity index (χ4n) is 2.63. The number of hydrogen-bond donors (Lipinski definition) is 1. The Balaban J connectivity index is 1.84. The molecule has 5 nitrogen and oxygen atoms in total. The van der Waals surface area contributed by atoms with Crippen molar-refractivity contribution >= 4 is 6.03 Å². The minimum Gasteiger partial charge on any atom is -0.381 e. The van der Waals surface area contributed by atoms with E-state index in [9.17, 15) is 4.79 Å². The molecule has 0 aromatic heterocycles. The Kier molecular flexibility index (Phi) is 5.05. The SMILES string of the molecule is CC[C@@]1(C)CN(C(=O)N[C@@H]2CCCOCC2)CCO1. The van der Waals surface area contributed by atoms with Gasteiger partial charge in [-0.3, -0.25) is 0 Å². The fraction of sp³-hybridized carbons (Fsp3) is 0.929. The van der Waals surface area contributed by atoms with Crippen molar-refractivity contribution in [3.8, 4) is 0 Å². The molecule has 1 N–H and O–H groups in total. The topological polar surface area (TPSA) is 50.8 Å². The minimum atomic E-state index is -0.192. The Hall–Kier alpha value is -0.810. The van der Waals surface area contributed by atoms with Gasteiger partial charge in [0.2, 0.25) is 0 Å². The number of ether oxygens (including phenoxy) is 2. The molecule has 2 rings (SSSR count). The highest BCUT2D eigenvalue weighted by atomic mass is 16.5. The third-order valence-electron chi connectivity index (χ3n) is 4.15. The number of rotatable bonds is 2. The van der Waals surface area contributed by atoms with Gasteiger partial charge in [0.05, 0.1) is 18.8 Å². The summed E-state index contributed by atoms with van der Waals surface area (Å²) in [6.07, 6.45) is 3.89. The van der Waals surface area contributed by atoms with Crippen molar-refractivity contribution in [2.75, 3.05) is 32.9 Å². The summed E-state index contributed by atoms with van der Waals surface area (Å²) in [4.78, 5) is 14.2. The highest BCUT2D eigenvalue weighted by Gasteiger charge is 2.33. The van der Waals surface area contributed by atoms with E-state index in [1.807, 2.05) is 4.90 Å². The summed E-state index contributed by atoms with van der Waals surface area (Å²) < 4.78 is 11.2. The molecule has 2 heterocycles. The molecule has 0 aromatic carbocycles. The van der Waals surface area contributed by atoms with Crippen molar-refractivity contribution < 1.29 is 14.3 Å². The summed E-state index contributed by atoms with van der Waals surface area (Å²) in [6.45, 7) is 7.74. The Bertz CT molecular complexity index is 303. The first kappa shape index (κ1) is 14.6. The molecule has 2 aliphatic rings. The predicted molar refractivity (Wildman–Crippen MR) is 73.2 cm³/mol. The van der Waals surface area contributed by atoms with Crippen LogP contribution in [0.25, 0.3) is 0 Å². The molecule has 2 saturated heterocycles. The van der Waals surface area contributed by atoms with Crippen LogP contribution in [0.1, 0.15) is 39.5 Å². The van der Waals surface area contributed by atoms with Gasteiger partial charge in [-0.1, -0.05) is 6.92 Å². The molecule has 0 aromatic rings. The second-order valence-electron chi connectivity index (χ2n) is 5.76. The van der Waals surface area contributed by atoms with Crippen LogP contribution in [-0.2, 0) is 9.47 Å². The lowest BCUT2D eigenvalue weighted by molar-refractivity contribution is -0.0874. The first-order chi connectivity index (χ1) is 9.13. The molecular weight excluding hydrogens is 244 g/mol. The number of nitrogens with one attached hydrogen (secondary N) is 1. The average molecular weight is 270 g/mol. The van der Waals surface area contributed by atoms with E-state index < -0.39 is 0 Å². The van der Waals surface area contributed by atoms with Gasteiger partial charge in [0.25, 0.3) is 0 Å². The first-order valence-corrected chi connectivity index (χ1v) is 7.40. The quantitative estimate of drug-likeness (QED) is 0.832. The summed E-state index contributed by atoms with van der Waals surface area (Å²) in [6, 6.07) is 0.306. The molecule has 0 spiro atoms. The summed E-state index contributed by atoms with van der Waals surface area (Å²) in [5.74, 6) is 0. The van der Waals surface area contributed by atoms with Gasteiger partial charge < -0.3 is 19.7 Å². The van der Waals surface area contributed by atoms with E-state index in [4.69, 9.17) is 9.47 Å². The zero-order chi connectivity index (χ0) is 13.7. The standard InChI is InChI=1S/C14H26N2O3/c1-3-14(2)11-16(7-10-19-14)13(17)15-12-5-4-8-18-9-6-12/h12H,3-11H2,1-2H3,(H,15,17)/t12-,14+/m1/s1. The number of morpholine rings is 1. The molecule has 2 atom stereocenters. The molecule has 2 fully saturated rings. The molecule has 0 unspecified atom stereocenters. The first-order valence-electron chi connectivity index (χ1n) is 7.40. The van der Waals surface area contributed by atoms with Crippen LogP contribution in [-0.4, -0.2) is 55.5 Å². The lowest BCUT2D eigenvalue weighted by atomic mass is 10.0. The minimum absolute atomic E-state index is 0.0508. The normalized spacial score (nSPS) is 32.7. The maximum absolute atomic E-state index is 12.3. The Labute approximate surface area is 115 Å². The molecule has 2 amide bonds. The Morgan fingerprint density at radius 1 is 1.37 bits per heavy atom. The monoisotopic (exact) mass is 270 g/mol. The van der Waals surface area contributed by atoms with Crippen LogP contribution in [0, 0.1) is 0 Å². The van der Waals surface area contributed by atoms with E-state index in [0.717, 1.165) is 38.9 Å². The lowest BCUT2D eigenvalue weighted by Crippen LogP contribution is -2.55. The third-order valence-corrected chi connectivity index (χ3v) is 4.15. The molecule has 0 aliphatic carbocycles. The maximum Gasteiger partial charge on any atom is 0.317 e. The van der Waals surface area contributed by atoms with Gasteiger partial charge in [-0.15, -0.1) is 0 Å². The van der Waals surface area contributed by atoms with Crippen molar-refractivity contribution in [1.29, 1.82) is 0 Å². The average Bonchev–Trinajstić information content (AvgIpc) is 2.67. The largest absolute Gasteiger partial charge is 0.381 e. The van der Waals surface area contributed by atoms with Gasteiger partial charge in [-0.25, -0.2) is 4.79 Å². The molecule has 0 radical (unpaired) electrons. The van der Waals surface area contributed by atoms with E-state index in [0.29, 0.717) is 19.7 Å². The summed E-state index contributed by atoms with van der Waals surface area (Å²) in [7, 11) is 0. The van der Waals surface area contributed by atoms with Crippen LogP contribution in [0.5, 0.6) is 0 Å². The summed E-state index contributed by atoms with van der Waals surface area (Å²) in [5, 5.41) is 3.14. The Morgan fingerprint density at radius 2 is 2.21 bits per heavy atom. The van der Waals surface area contributed by atoms with Crippen LogP contribution in [0.2, 0.25) is 0 Å².